The lowest BCUT2D eigenvalue weighted by Gasteiger charge is -2.23. The van der Waals surface area contributed by atoms with Crippen LogP contribution in [0.5, 0.6) is 0 Å². The maximum Gasteiger partial charge on any atom is 0.311 e. The first-order valence-corrected chi connectivity index (χ1v) is 7.23. The number of benzene rings is 1. The number of carboxylic acid groups (broad SMARTS) is 1. The van der Waals surface area contributed by atoms with Gasteiger partial charge < -0.3 is 10.0 Å². The number of rotatable bonds is 2. The van der Waals surface area contributed by atoms with Gasteiger partial charge in [-0.2, -0.15) is 0 Å². The second-order valence-corrected chi connectivity index (χ2v) is 6.20. The van der Waals surface area contributed by atoms with E-state index in [0.29, 0.717) is 24.1 Å². The zero-order valence-electron chi connectivity index (χ0n) is 11.9. The molecule has 1 heterocycles. The highest BCUT2D eigenvalue weighted by atomic mass is 19.1. The molecular weight excluding hydrogens is 273 g/mol. The van der Waals surface area contributed by atoms with E-state index in [1.807, 2.05) is 0 Å². The Balaban J connectivity index is 1.84. The van der Waals surface area contributed by atoms with E-state index in [9.17, 15) is 19.1 Å². The van der Waals surface area contributed by atoms with Gasteiger partial charge in [0.1, 0.15) is 5.82 Å². The lowest BCUT2D eigenvalue weighted by atomic mass is 9.81. The van der Waals surface area contributed by atoms with E-state index in [0.717, 1.165) is 12.8 Å². The van der Waals surface area contributed by atoms with Gasteiger partial charge in [-0.25, -0.2) is 4.39 Å². The van der Waals surface area contributed by atoms with Gasteiger partial charge in [0.05, 0.1) is 5.41 Å². The van der Waals surface area contributed by atoms with E-state index >= 15 is 0 Å². The minimum atomic E-state index is -0.796. The van der Waals surface area contributed by atoms with Crippen molar-refractivity contribution >= 4 is 11.9 Å². The zero-order valence-corrected chi connectivity index (χ0v) is 11.9. The van der Waals surface area contributed by atoms with Crippen LogP contribution in [-0.2, 0) is 4.79 Å². The molecule has 2 atom stereocenters. The molecule has 1 amide bonds. The summed E-state index contributed by atoms with van der Waals surface area (Å²) >= 11 is 0. The number of hydrogen-bond acceptors (Lipinski definition) is 2. The summed E-state index contributed by atoms with van der Waals surface area (Å²) in [5.41, 5.74) is 0.0766. The highest BCUT2D eigenvalue weighted by molar-refractivity contribution is 5.95. The summed E-state index contributed by atoms with van der Waals surface area (Å²) in [5.74, 6) is -1.30. The highest BCUT2D eigenvalue weighted by Gasteiger charge is 2.55. The first kappa shape index (κ1) is 14.0. The molecule has 1 aromatic carbocycles. The van der Waals surface area contributed by atoms with Crippen LogP contribution in [0.3, 0.4) is 0 Å². The lowest BCUT2D eigenvalue weighted by molar-refractivity contribution is -0.149. The molecule has 0 spiro atoms. The number of likely N-dealkylation sites (tertiary alicyclic amines) is 1. The van der Waals surface area contributed by atoms with Crippen LogP contribution in [0.4, 0.5) is 4.39 Å². The van der Waals surface area contributed by atoms with Crippen LogP contribution in [0, 0.1) is 24.1 Å². The summed E-state index contributed by atoms with van der Waals surface area (Å²) < 4.78 is 13.3. The van der Waals surface area contributed by atoms with E-state index in [1.165, 1.54) is 18.2 Å². The average molecular weight is 291 g/mol. The minimum Gasteiger partial charge on any atom is -0.481 e. The molecule has 1 aromatic rings. The van der Waals surface area contributed by atoms with Gasteiger partial charge in [-0.05, 0) is 49.4 Å². The Kier molecular flexibility index (Phi) is 3.23. The third-order valence-electron chi connectivity index (χ3n) is 4.99. The maximum atomic E-state index is 13.3. The third kappa shape index (κ3) is 2.11. The number of fused-ring (bicyclic) bond motifs is 1. The molecule has 3 rings (SSSR count). The molecule has 0 aromatic heterocycles. The van der Waals surface area contributed by atoms with Crippen LogP contribution in [0.25, 0.3) is 0 Å². The number of hydrogen-bond donors (Lipinski definition) is 1. The molecule has 1 saturated heterocycles. The van der Waals surface area contributed by atoms with Crippen molar-refractivity contribution in [1.82, 2.24) is 4.90 Å². The van der Waals surface area contributed by atoms with Crippen molar-refractivity contribution in [2.75, 3.05) is 13.1 Å². The quantitative estimate of drug-likeness (QED) is 0.910. The number of nitrogens with zero attached hydrogens (tertiary/aromatic N) is 1. The van der Waals surface area contributed by atoms with Crippen molar-refractivity contribution in [2.24, 2.45) is 11.3 Å². The Morgan fingerprint density at radius 1 is 1.43 bits per heavy atom. The average Bonchev–Trinajstić information content (AvgIpc) is 2.98. The van der Waals surface area contributed by atoms with Gasteiger partial charge in [-0.15, -0.1) is 0 Å². The molecule has 0 bridgehead atoms. The minimum absolute atomic E-state index is 0.0421. The van der Waals surface area contributed by atoms with E-state index in [1.54, 1.807) is 11.8 Å². The number of aliphatic carboxylic acids is 1. The normalized spacial score (nSPS) is 27.7. The molecule has 4 nitrogen and oxygen atoms in total. The standard InChI is InChI=1S/C16H18FNO3/c1-10-7-11(4-5-13(10)17)14(19)18-8-12-3-2-6-16(12,9-18)15(20)21/h4-5,7,12H,2-3,6,8-9H2,1H3,(H,20,21)/t12-,16+/m0/s1. The second-order valence-electron chi connectivity index (χ2n) is 6.20. The number of aryl methyl sites for hydroxylation is 1. The smallest absolute Gasteiger partial charge is 0.311 e. The molecule has 1 aliphatic heterocycles. The number of halogens is 1. The van der Waals surface area contributed by atoms with Crippen molar-refractivity contribution in [3.8, 4) is 0 Å². The maximum absolute atomic E-state index is 13.3. The van der Waals surface area contributed by atoms with E-state index in [4.69, 9.17) is 0 Å². The Labute approximate surface area is 122 Å². The summed E-state index contributed by atoms with van der Waals surface area (Å²) in [7, 11) is 0. The molecule has 1 N–H and O–H groups in total. The van der Waals surface area contributed by atoms with Gasteiger partial charge in [-0.1, -0.05) is 6.42 Å². The Hall–Kier alpha value is -1.91. The molecule has 112 valence electrons. The van der Waals surface area contributed by atoms with Crippen LogP contribution >= 0.6 is 0 Å². The molecule has 0 unspecified atom stereocenters. The van der Waals surface area contributed by atoms with E-state index < -0.39 is 11.4 Å². The third-order valence-corrected chi connectivity index (χ3v) is 4.99. The largest absolute Gasteiger partial charge is 0.481 e. The second kappa shape index (κ2) is 4.83. The molecule has 5 heteroatoms. The monoisotopic (exact) mass is 291 g/mol. The highest BCUT2D eigenvalue weighted by Crippen LogP contribution is 2.49. The topological polar surface area (TPSA) is 57.6 Å². The number of amides is 1. The van der Waals surface area contributed by atoms with Crippen LogP contribution in [0.1, 0.15) is 35.2 Å². The molecular formula is C16H18FNO3. The van der Waals surface area contributed by atoms with E-state index in [-0.39, 0.29) is 24.2 Å². The fraction of sp³-hybridized carbons (Fsp3) is 0.500. The van der Waals surface area contributed by atoms with Crippen LogP contribution in [0.15, 0.2) is 18.2 Å². The van der Waals surface area contributed by atoms with Gasteiger partial charge in [0.15, 0.2) is 0 Å². The molecule has 1 saturated carbocycles. The van der Waals surface area contributed by atoms with Crippen LogP contribution in [0.2, 0.25) is 0 Å². The van der Waals surface area contributed by atoms with Gasteiger partial charge in [0.2, 0.25) is 0 Å². The summed E-state index contributed by atoms with van der Waals surface area (Å²) in [6.45, 7) is 2.37. The Bertz CT molecular complexity index is 616. The zero-order chi connectivity index (χ0) is 15.2. The fourth-order valence-corrected chi connectivity index (χ4v) is 3.75. The molecule has 0 radical (unpaired) electrons. The van der Waals surface area contributed by atoms with Gasteiger partial charge in [-0.3, -0.25) is 9.59 Å². The molecule has 2 fully saturated rings. The summed E-state index contributed by atoms with van der Waals surface area (Å²) in [6, 6.07) is 4.28. The first-order chi connectivity index (χ1) is 9.94. The van der Waals surface area contributed by atoms with Crippen LogP contribution in [-0.4, -0.2) is 35.0 Å². The van der Waals surface area contributed by atoms with Crippen molar-refractivity contribution in [3.05, 3.63) is 35.1 Å². The predicted octanol–water partition coefficient (Wildman–Crippen LogP) is 2.46. The first-order valence-electron chi connectivity index (χ1n) is 7.23. The van der Waals surface area contributed by atoms with Crippen molar-refractivity contribution in [2.45, 2.75) is 26.2 Å². The van der Waals surface area contributed by atoms with Gasteiger partial charge in [0, 0.05) is 18.7 Å². The van der Waals surface area contributed by atoms with Gasteiger partial charge in [0.25, 0.3) is 5.91 Å². The lowest BCUT2D eigenvalue weighted by Crippen LogP contribution is -2.37. The number of carboxylic acids is 1. The fourth-order valence-electron chi connectivity index (χ4n) is 3.75. The molecule has 21 heavy (non-hydrogen) atoms. The van der Waals surface area contributed by atoms with Gasteiger partial charge >= 0.3 is 5.97 Å². The van der Waals surface area contributed by atoms with E-state index in [2.05, 4.69) is 0 Å². The van der Waals surface area contributed by atoms with Crippen molar-refractivity contribution in [1.29, 1.82) is 0 Å². The Morgan fingerprint density at radius 3 is 2.81 bits per heavy atom. The summed E-state index contributed by atoms with van der Waals surface area (Å²) in [5, 5.41) is 9.54. The molecule has 1 aliphatic carbocycles. The SMILES string of the molecule is Cc1cc(C(=O)N2C[C@@H]3CCC[C@@]3(C(=O)O)C2)ccc1F. The summed E-state index contributed by atoms with van der Waals surface area (Å²) in [6.07, 6.45) is 2.41. The molecule has 2 aliphatic rings. The van der Waals surface area contributed by atoms with Crippen LogP contribution < -0.4 is 0 Å². The number of carbonyl (C=O) groups excluding carboxylic acids is 1. The summed E-state index contributed by atoms with van der Waals surface area (Å²) in [4.78, 5) is 25.8. The predicted molar refractivity (Wildman–Crippen MR) is 74.5 cm³/mol. The number of carbonyl (C=O) groups is 2. The van der Waals surface area contributed by atoms with Crippen molar-refractivity contribution in [3.63, 3.8) is 0 Å². The Morgan fingerprint density at radius 2 is 2.19 bits per heavy atom. The van der Waals surface area contributed by atoms with Crippen molar-refractivity contribution < 1.29 is 19.1 Å².